The number of aliphatic hydroxyl groups excluding tert-OH is 1. The average Bonchev–Trinajstić information content (AvgIpc) is 2.45. The zero-order chi connectivity index (χ0) is 19.5. The summed E-state index contributed by atoms with van der Waals surface area (Å²) in [6.45, 7) is 10.3. The molecular weight excluding hydrogens is 335 g/mol. The van der Waals surface area contributed by atoms with Crippen LogP contribution >= 0.6 is 7.60 Å². The molecule has 0 radical (unpaired) electrons. The number of hydrogen-bond donors (Lipinski definition) is 3. The summed E-state index contributed by atoms with van der Waals surface area (Å²) in [6, 6.07) is 0. The Bertz CT molecular complexity index is 560. The van der Waals surface area contributed by atoms with Crippen LogP contribution in [0.2, 0.25) is 0 Å². The van der Waals surface area contributed by atoms with E-state index < -0.39 is 13.4 Å². The number of hydrogen-bond acceptors (Lipinski definition) is 2. The van der Waals surface area contributed by atoms with Gasteiger partial charge in [0.15, 0.2) is 5.85 Å². The third-order valence-corrected chi connectivity index (χ3v) is 4.77. The summed E-state index contributed by atoms with van der Waals surface area (Å²) < 4.78 is 10.9. The van der Waals surface area contributed by atoms with E-state index in [9.17, 15) is 9.67 Å². The minimum Gasteiger partial charge on any atom is -0.377 e. The van der Waals surface area contributed by atoms with Gasteiger partial charge in [0, 0.05) is 0 Å². The van der Waals surface area contributed by atoms with Gasteiger partial charge in [-0.1, -0.05) is 40.5 Å². The van der Waals surface area contributed by atoms with Crippen molar-refractivity contribution in [2.24, 2.45) is 0 Å². The second-order valence-corrected chi connectivity index (χ2v) is 8.72. The molecule has 0 amide bonds. The van der Waals surface area contributed by atoms with Crippen molar-refractivity contribution >= 4 is 7.60 Å². The van der Waals surface area contributed by atoms with Crippen molar-refractivity contribution in [3.8, 4) is 0 Å². The van der Waals surface area contributed by atoms with Crippen molar-refractivity contribution in [2.75, 3.05) is 0 Å². The summed E-state index contributed by atoms with van der Waals surface area (Å²) in [5, 5.41) is 9.36. The van der Waals surface area contributed by atoms with E-state index in [0.29, 0.717) is 6.42 Å². The van der Waals surface area contributed by atoms with E-state index in [2.05, 4.69) is 45.9 Å². The van der Waals surface area contributed by atoms with E-state index in [0.717, 1.165) is 37.7 Å². The molecule has 0 aromatic carbocycles. The smallest absolute Gasteiger partial charge is 0.357 e. The highest BCUT2D eigenvalue weighted by Gasteiger charge is 2.23. The first-order chi connectivity index (χ1) is 11.5. The van der Waals surface area contributed by atoms with Crippen molar-refractivity contribution in [2.45, 2.75) is 79.0 Å². The summed E-state index contributed by atoms with van der Waals surface area (Å²) in [4.78, 5) is 17.7. The summed E-state index contributed by atoms with van der Waals surface area (Å²) in [6.07, 6.45) is 13.8. The highest BCUT2D eigenvalue weighted by molar-refractivity contribution is 7.52. The lowest BCUT2D eigenvalue weighted by molar-refractivity contribution is 0.237. The second-order valence-electron chi connectivity index (χ2n) is 7.01. The van der Waals surface area contributed by atoms with Gasteiger partial charge in [0.2, 0.25) is 0 Å². The topological polar surface area (TPSA) is 77.8 Å². The SMILES string of the molecule is CC(C)=CCC/C(C)=C/CC/C(C)=C/CC/C(C)=C/C(O)P(=O)(O)O. The van der Waals surface area contributed by atoms with Gasteiger partial charge in [0.25, 0.3) is 0 Å². The van der Waals surface area contributed by atoms with E-state index in [1.54, 1.807) is 6.92 Å². The third-order valence-electron chi connectivity index (χ3n) is 3.93. The zero-order valence-corrected chi connectivity index (χ0v) is 17.2. The quantitative estimate of drug-likeness (QED) is 0.325. The Hall–Kier alpha value is -0.930. The molecule has 4 nitrogen and oxygen atoms in total. The lowest BCUT2D eigenvalue weighted by Gasteiger charge is -2.09. The van der Waals surface area contributed by atoms with Gasteiger partial charge in [-0.3, -0.25) is 4.57 Å². The molecule has 0 heterocycles. The monoisotopic (exact) mass is 370 g/mol. The molecule has 0 saturated heterocycles. The lowest BCUT2D eigenvalue weighted by atomic mass is 10.0. The minimum absolute atomic E-state index is 0.686. The fourth-order valence-electron chi connectivity index (χ4n) is 2.32. The molecule has 0 bridgehead atoms. The van der Waals surface area contributed by atoms with E-state index >= 15 is 0 Å². The predicted octanol–water partition coefficient (Wildman–Crippen LogP) is 5.63. The van der Waals surface area contributed by atoms with Crippen LogP contribution in [0.3, 0.4) is 0 Å². The van der Waals surface area contributed by atoms with Crippen LogP contribution in [0, 0.1) is 0 Å². The Morgan fingerprint density at radius 1 is 0.800 bits per heavy atom. The fourth-order valence-corrected chi connectivity index (χ4v) is 2.77. The molecule has 0 aliphatic carbocycles. The first-order valence-electron chi connectivity index (χ1n) is 8.87. The van der Waals surface area contributed by atoms with E-state index in [4.69, 9.17) is 9.79 Å². The van der Waals surface area contributed by atoms with E-state index in [1.165, 1.54) is 22.8 Å². The summed E-state index contributed by atoms with van der Waals surface area (Å²) in [5.74, 6) is -1.70. The van der Waals surface area contributed by atoms with Crippen LogP contribution in [-0.2, 0) is 4.57 Å². The van der Waals surface area contributed by atoms with Gasteiger partial charge in [-0.25, -0.2) is 0 Å². The average molecular weight is 370 g/mol. The molecule has 3 N–H and O–H groups in total. The van der Waals surface area contributed by atoms with Gasteiger partial charge in [-0.2, -0.15) is 0 Å². The van der Waals surface area contributed by atoms with E-state index in [-0.39, 0.29) is 0 Å². The standard InChI is InChI=1S/C20H35O4P/c1-16(2)9-6-10-17(3)11-7-12-18(4)13-8-14-19(5)15-20(21)25(22,23)24/h9,11,13,15,20-21H,6-8,10,12,14H2,1-5H3,(H2,22,23,24)/b17-11+,18-13+,19-15+. The Morgan fingerprint density at radius 3 is 1.60 bits per heavy atom. The molecule has 1 unspecified atom stereocenters. The van der Waals surface area contributed by atoms with Crippen LogP contribution in [0.4, 0.5) is 0 Å². The Labute approximate surface area is 153 Å². The molecule has 0 aromatic heterocycles. The molecule has 144 valence electrons. The zero-order valence-electron chi connectivity index (χ0n) is 16.3. The molecule has 25 heavy (non-hydrogen) atoms. The van der Waals surface area contributed by atoms with Crippen LogP contribution < -0.4 is 0 Å². The van der Waals surface area contributed by atoms with Gasteiger partial charge < -0.3 is 14.9 Å². The molecule has 0 fully saturated rings. The van der Waals surface area contributed by atoms with Crippen molar-refractivity contribution < 1.29 is 19.5 Å². The van der Waals surface area contributed by atoms with Gasteiger partial charge >= 0.3 is 7.60 Å². The van der Waals surface area contributed by atoms with Gasteiger partial charge in [-0.15, -0.1) is 0 Å². The first kappa shape index (κ1) is 24.1. The van der Waals surface area contributed by atoms with Crippen LogP contribution in [0.1, 0.15) is 73.1 Å². The molecule has 0 aliphatic heterocycles. The predicted molar refractivity (Wildman–Crippen MR) is 106 cm³/mol. The number of rotatable bonds is 11. The fraction of sp³-hybridized carbons (Fsp3) is 0.600. The summed E-state index contributed by atoms with van der Waals surface area (Å²) >= 11 is 0. The van der Waals surface area contributed by atoms with Crippen LogP contribution in [0.5, 0.6) is 0 Å². The van der Waals surface area contributed by atoms with Crippen molar-refractivity contribution in [1.29, 1.82) is 0 Å². The van der Waals surface area contributed by atoms with Crippen molar-refractivity contribution in [1.82, 2.24) is 0 Å². The molecule has 0 aliphatic rings. The normalized spacial score (nSPS) is 15.3. The molecule has 0 spiro atoms. The van der Waals surface area contributed by atoms with Crippen LogP contribution in [-0.4, -0.2) is 20.7 Å². The summed E-state index contributed by atoms with van der Waals surface area (Å²) in [7, 11) is -4.45. The highest BCUT2D eigenvalue weighted by atomic mass is 31.2. The lowest BCUT2D eigenvalue weighted by Crippen LogP contribution is -2.03. The van der Waals surface area contributed by atoms with Gasteiger partial charge in [-0.05, 0) is 79.2 Å². The first-order valence-corrected chi connectivity index (χ1v) is 10.6. The maximum Gasteiger partial charge on any atom is 0.357 e. The molecule has 0 aromatic rings. The van der Waals surface area contributed by atoms with E-state index in [1.807, 2.05) is 0 Å². The maximum absolute atomic E-state index is 10.9. The molecule has 0 saturated carbocycles. The molecule has 5 heteroatoms. The summed E-state index contributed by atoms with van der Waals surface area (Å²) in [5.41, 5.74) is 4.89. The van der Waals surface area contributed by atoms with Crippen LogP contribution in [0.25, 0.3) is 0 Å². The molecular formula is C20H35O4P. The van der Waals surface area contributed by atoms with Gasteiger partial charge in [0.05, 0.1) is 0 Å². The Balaban J connectivity index is 4.20. The Morgan fingerprint density at radius 2 is 1.20 bits per heavy atom. The molecule has 0 rings (SSSR count). The minimum atomic E-state index is -4.45. The second kappa shape index (κ2) is 12.4. The number of allylic oxidation sites excluding steroid dienone is 7. The van der Waals surface area contributed by atoms with Crippen molar-refractivity contribution in [3.63, 3.8) is 0 Å². The third kappa shape index (κ3) is 14.0. The van der Waals surface area contributed by atoms with Gasteiger partial charge in [0.1, 0.15) is 0 Å². The number of aliphatic hydroxyl groups is 1. The largest absolute Gasteiger partial charge is 0.377 e. The Kier molecular flexibility index (Phi) is 12.0. The highest BCUT2D eigenvalue weighted by Crippen LogP contribution is 2.40. The molecule has 1 atom stereocenters. The maximum atomic E-state index is 10.9. The van der Waals surface area contributed by atoms with Crippen LogP contribution in [0.15, 0.2) is 46.6 Å². The van der Waals surface area contributed by atoms with Crippen molar-refractivity contribution in [3.05, 3.63) is 46.6 Å².